The molecule has 2 amide bonds. The van der Waals surface area contributed by atoms with E-state index in [-0.39, 0.29) is 17.0 Å². The summed E-state index contributed by atoms with van der Waals surface area (Å²) in [6, 6.07) is 7.52. The number of aliphatic hydroxyl groups is 2. The minimum absolute atomic E-state index is 0.0925. The molecule has 3 aromatic rings. The highest BCUT2D eigenvalue weighted by molar-refractivity contribution is 7.63. The number of hydrogen-bond donors (Lipinski definition) is 6. The maximum Gasteiger partial charge on any atom is 0.479 e. The Balaban J connectivity index is 1.42. The molecule has 0 aliphatic carbocycles. The number of nitrogens with zero attached hydrogens (tertiary/aromatic N) is 4. The number of benzene rings is 1. The van der Waals surface area contributed by atoms with Crippen molar-refractivity contribution >= 4 is 38.4 Å². The summed E-state index contributed by atoms with van der Waals surface area (Å²) in [5, 5.41) is 26.1. The van der Waals surface area contributed by atoms with Gasteiger partial charge in [0.05, 0.1) is 19.1 Å². The van der Waals surface area contributed by atoms with Gasteiger partial charge in [0.1, 0.15) is 24.6 Å². The van der Waals surface area contributed by atoms with Crippen molar-refractivity contribution in [1.82, 2.24) is 24.8 Å². The molecule has 16 nitrogen and oxygen atoms in total. The highest BCUT2D eigenvalue weighted by atomic mass is 31.3. The molecule has 6 atom stereocenters. The molecule has 38 heavy (non-hydrogen) atoms. The van der Waals surface area contributed by atoms with Gasteiger partial charge in [-0.3, -0.25) is 19.0 Å². The molecule has 3 heterocycles. The van der Waals surface area contributed by atoms with Gasteiger partial charge < -0.3 is 30.1 Å². The number of rotatable bonds is 10. The summed E-state index contributed by atoms with van der Waals surface area (Å²) in [6.07, 6.45) is -3.85. The van der Waals surface area contributed by atoms with E-state index in [1.165, 1.54) is 10.9 Å². The number of phosphoric ester groups is 1. The average Bonchev–Trinajstić information content (AvgIpc) is 3.39. The smallest absolute Gasteiger partial charge is 0.387 e. The van der Waals surface area contributed by atoms with Crippen LogP contribution in [0.2, 0.25) is 0 Å². The van der Waals surface area contributed by atoms with E-state index in [1.54, 1.807) is 37.3 Å². The molecule has 0 bridgehead atoms. The first-order valence-corrected chi connectivity index (χ1v) is 14.5. The molecule has 206 valence electrons. The van der Waals surface area contributed by atoms with Crippen molar-refractivity contribution in [2.24, 2.45) is 0 Å². The van der Waals surface area contributed by atoms with Crippen molar-refractivity contribution < 1.29 is 47.5 Å². The van der Waals surface area contributed by atoms with Gasteiger partial charge in [-0.1, -0.05) is 30.3 Å². The predicted octanol–water partition coefficient (Wildman–Crippen LogP) is 1.11. The van der Waals surface area contributed by atoms with E-state index in [0.29, 0.717) is 12.1 Å². The molecule has 0 saturated carbocycles. The SMILES string of the molecule is CCNC(=O)Nc1ncnc2c1ncn2[C@@H]1O[C@H](COP(=O)(O)OP(=O)(O)Cc2ccccc2)C(O)[C@@H]1O. The van der Waals surface area contributed by atoms with E-state index in [9.17, 15) is 33.9 Å². The zero-order valence-electron chi connectivity index (χ0n) is 19.9. The Morgan fingerprint density at radius 3 is 2.58 bits per heavy atom. The second-order valence-electron chi connectivity index (χ2n) is 8.20. The fourth-order valence-corrected chi connectivity index (χ4v) is 6.45. The van der Waals surface area contributed by atoms with Crippen molar-refractivity contribution in [1.29, 1.82) is 0 Å². The average molecular weight is 572 g/mol. The van der Waals surface area contributed by atoms with Gasteiger partial charge in [0, 0.05) is 6.54 Å². The van der Waals surface area contributed by atoms with Gasteiger partial charge in [-0.2, -0.15) is 0 Å². The summed E-state index contributed by atoms with van der Waals surface area (Å²) in [5.74, 6) is 0.0925. The molecule has 0 spiro atoms. The summed E-state index contributed by atoms with van der Waals surface area (Å²) in [7, 11) is -9.64. The van der Waals surface area contributed by atoms with Crippen LogP contribution in [0.15, 0.2) is 43.0 Å². The largest absolute Gasteiger partial charge is 0.479 e. The van der Waals surface area contributed by atoms with E-state index < -0.39 is 58.8 Å². The van der Waals surface area contributed by atoms with Crippen molar-refractivity contribution in [3.63, 3.8) is 0 Å². The monoisotopic (exact) mass is 572 g/mol. The van der Waals surface area contributed by atoms with Gasteiger partial charge in [0.25, 0.3) is 0 Å². The van der Waals surface area contributed by atoms with Crippen LogP contribution in [0.3, 0.4) is 0 Å². The van der Waals surface area contributed by atoms with E-state index in [2.05, 4.69) is 29.9 Å². The lowest BCUT2D eigenvalue weighted by Gasteiger charge is -2.19. The number of phosphoric acid groups is 1. The lowest BCUT2D eigenvalue weighted by Crippen LogP contribution is -2.33. The Bertz CT molecular complexity index is 1370. The summed E-state index contributed by atoms with van der Waals surface area (Å²) in [5.41, 5.74) is 0.733. The first-order chi connectivity index (χ1) is 18.0. The summed E-state index contributed by atoms with van der Waals surface area (Å²) >= 11 is 0. The number of hydrogen-bond acceptors (Lipinski definition) is 11. The number of fused-ring (bicyclic) bond motifs is 1. The van der Waals surface area contributed by atoms with Crippen molar-refractivity contribution in [2.45, 2.75) is 37.6 Å². The van der Waals surface area contributed by atoms with Gasteiger partial charge >= 0.3 is 21.4 Å². The highest BCUT2D eigenvalue weighted by Gasteiger charge is 2.46. The second-order valence-corrected chi connectivity index (χ2v) is 11.6. The molecule has 1 aliphatic heterocycles. The third kappa shape index (κ3) is 6.61. The van der Waals surface area contributed by atoms with Crippen LogP contribution < -0.4 is 10.6 Å². The minimum atomic E-state index is -5.07. The van der Waals surface area contributed by atoms with Crippen LogP contribution in [-0.2, 0) is 28.9 Å². The van der Waals surface area contributed by atoms with E-state index in [1.807, 2.05) is 0 Å². The van der Waals surface area contributed by atoms with Gasteiger partial charge in [0.2, 0.25) is 0 Å². The first kappa shape index (κ1) is 28.2. The second kappa shape index (κ2) is 11.5. The molecular weight excluding hydrogens is 546 g/mol. The minimum Gasteiger partial charge on any atom is -0.387 e. The molecule has 18 heteroatoms. The zero-order chi connectivity index (χ0) is 27.5. The van der Waals surface area contributed by atoms with Crippen LogP contribution in [0, 0.1) is 0 Å². The molecule has 2 aromatic heterocycles. The molecule has 1 aliphatic rings. The van der Waals surface area contributed by atoms with Crippen molar-refractivity contribution in [2.75, 3.05) is 18.5 Å². The van der Waals surface area contributed by atoms with E-state index in [0.717, 1.165) is 6.33 Å². The predicted molar refractivity (Wildman–Crippen MR) is 131 cm³/mol. The van der Waals surface area contributed by atoms with Gasteiger partial charge in [-0.25, -0.2) is 28.6 Å². The Labute approximate surface area is 215 Å². The summed E-state index contributed by atoms with van der Waals surface area (Å²) in [4.78, 5) is 44.1. The Morgan fingerprint density at radius 1 is 1.13 bits per heavy atom. The van der Waals surface area contributed by atoms with Crippen LogP contribution in [-0.4, -0.2) is 77.0 Å². The molecular formula is C20H26N6O10P2. The Morgan fingerprint density at radius 2 is 1.87 bits per heavy atom. The standard InChI is InChI=1S/C20H26N6O10P2/c1-2-21-20(29)25-17-14-18(23-10-22-17)26(11-24-14)19-16(28)15(27)13(35-19)8-34-38(32,33)36-37(30,31)9-12-6-4-3-5-7-12/h3-7,10-11,13,15-16,19,27-28H,2,8-9H2,1H3,(H,30,31)(H,32,33)(H2,21,22,23,25,29)/t13-,15?,16+,19-/m1/s1. The Hall–Kier alpha value is -2.78. The first-order valence-electron chi connectivity index (χ1n) is 11.3. The maximum absolute atomic E-state index is 12.3. The number of ether oxygens (including phenoxy) is 1. The maximum atomic E-state index is 12.3. The molecule has 1 saturated heterocycles. The molecule has 0 radical (unpaired) electrons. The van der Waals surface area contributed by atoms with E-state index in [4.69, 9.17) is 9.26 Å². The Kier molecular flexibility index (Phi) is 8.57. The lowest BCUT2D eigenvalue weighted by molar-refractivity contribution is -0.0501. The number of anilines is 1. The number of urea groups is 1. The number of carbonyl (C=O) groups is 1. The van der Waals surface area contributed by atoms with Crippen LogP contribution >= 0.6 is 15.4 Å². The fraction of sp³-hybridized carbons (Fsp3) is 0.400. The molecule has 1 fully saturated rings. The van der Waals surface area contributed by atoms with Gasteiger partial charge in [-0.05, 0) is 12.5 Å². The topological polar surface area (TPSA) is 227 Å². The molecule has 1 aromatic carbocycles. The number of imidazole rings is 1. The zero-order valence-corrected chi connectivity index (χ0v) is 21.7. The number of amides is 2. The van der Waals surface area contributed by atoms with Crippen LogP contribution in [0.4, 0.5) is 10.6 Å². The van der Waals surface area contributed by atoms with Crippen LogP contribution in [0.25, 0.3) is 11.2 Å². The summed E-state index contributed by atoms with van der Waals surface area (Å²) in [6.45, 7) is 1.36. The third-order valence-electron chi connectivity index (χ3n) is 5.40. The van der Waals surface area contributed by atoms with Crippen LogP contribution in [0.5, 0.6) is 0 Å². The van der Waals surface area contributed by atoms with Crippen LogP contribution in [0.1, 0.15) is 18.7 Å². The number of nitrogens with one attached hydrogen (secondary N) is 2. The van der Waals surface area contributed by atoms with E-state index >= 15 is 0 Å². The summed E-state index contributed by atoms with van der Waals surface area (Å²) < 4.78 is 40.9. The fourth-order valence-electron chi connectivity index (χ4n) is 3.73. The highest BCUT2D eigenvalue weighted by Crippen LogP contribution is 2.61. The lowest BCUT2D eigenvalue weighted by atomic mass is 10.1. The van der Waals surface area contributed by atoms with Crippen molar-refractivity contribution in [3.05, 3.63) is 48.5 Å². The normalized spacial score (nSPS) is 24.6. The molecule has 3 unspecified atom stereocenters. The van der Waals surface area contributed by atoms with Gasteiger partial charge in [-0.15, -0.1) is 0 Å². The number of aromatic nitrogens is 4. The molecule has 6 N–H and O–H groups in total. The number of aliphatic hydroxyl groups excluding tert-OH is 2. The quantitative estimate of drug-likeness (QED) is 0.187. The third-order valence-corrected chi connectivity index (χ3v) is 8.48. The van der Waals surface area contributed by atoms with Crippen molar-refractivity contribution in [3.8, 4) is 0 Å². The number of carbonyl (C=O) groups excluding carboxylic acids is 1. The molecule has 4 rings (SSSR count). The van der Waals surface area contributed by atoms with Gasteiger partial charge in [0.15, 0.2) is 23.2 Å².